The highest BCUT2D eigenvalue weighted by Gasteiger charge is 2.32. The molecule has 0 saturated carbocycles. The molecule has 2 aromatic carbocycles. The minimum absolute atomic E-state index is 0.182. The van der Waals surface area contributed by atoms with E-state index in [1.807, 2.05) is 6.07 Å². The predicted molar refractivity (Wildman–Crippen MR) is 128 cm³/mol. The lowest BCUT2D eigenvalue weighted by Crippen LogP contribution is -2.41. The van der Waals surface area contributed by atoms with Crippen LogP contribution in [-0.4, -0.2) is 47.9 Å². The summed E-state index contributed by atoms with van der Waals surface area (Å²) in [6.45, 7) is 2.35. The van der Waals surface area contributed by atoms with Crippen molar-refractivity contribution in [2.24, 2.45) is 0 Å². The van der Waals surface area contributed by atoms with Crippen molar-refractivity contribution < 1.29 is 33.0 Å². The van der Waals surface area contributed by atoms with E-state index in [-0.39, 0.29) is 6.29 Å². The molecule has 7 nitrogen and oxygen atoms in total. The molecule has 0 N–H and O–H groups in total. The predicted octanol–water partition coefficient (Wildman–Crippen LogP) is 4.08. The lowest BCUT2D eigenvalue weighted by Gasteiger charge is -2.25. The Morgan fingerprint density at radius 1 is 0.882 bits per heavy atom. The number of aromatic nitrogens is 1. The quantitative estimate of drug-likeness (QED) is 0.489. The molecule has 2 aliphatic rings. The van der Waals surface area contributed by atoms with Crippen molar-refractivity contribution in [2.75, 3.05) is 41.7 Å². The number of methoxy groups -OCH3 is 4. The Balaban J connectivity index is 1.72. The molecular weight excluding hydrogens is 434 g/mol. The highest BCUT2D eigenvalue weighted by atomic mass is 16.7. The van der Waals surface area contributed by atoms with E-state index in [9.17, 15) is 0 Å². The van der Waals surface area contributed by atoms with E-state index in [0.29, 0.717) is 0 Å². The minimum Gasteiger partial charge on any atom is -0.493 e. The van der Waals surface area contributed by atoms with Gasteiger partial charge in [0.25, 0.3) is 0 Å². The zero-order chi connectivity index (χ0) is 23.7. The van der Waals surface area contributed by atoms with Gasteiger partial charge in [-0.2, -0.15) is 4.57 Å². The molecule has 0 radical (unpaired) electrons. The molecule has 2 aliphatic heterocycles. The van der Waals surface area contributed by atoms with E-state index in [4.69, 9.17) is 28.4 Å². The second-order valence-corrected chi connectivity index (χ2v) is 8.59. The monoisotopic (exact) mass is 466 g/mol. The van der Waals surface area contributed by atoms with E-state index >= 15 is 0 Å². The summed E-state index contributed by atoms with van der Waals surface area (Å²) in [5, 5.41) is 2.18. The molecule has 1 aromatic heterocycles. The maximum Gasteiger partial charge on any atom is 0.216 e. The van der Waals surface area contributed by atoms with Crippen LogP contribution in [0.3, 0.4) is 0 Å². The summed E-state index contributed by atoms with van der Waals surface area (Å²) >= 11 is 0. The molecule has 7 heteroatoms. The number of benzene rings is 2. The van der Waals surface area contributed by atoms with E-state index in [1.54, 1.807) is 28.4 Å². The van der Waals surface area contributed by atoms with Gasteiger partial charge in [0.05, 0.1) is 52.6 Å². The molecule has 1 saturated heterocycles. The molecule has 180 valence electrons. The van der Waals surface area contributed by atoms with Crippen molar-refractivity contribution in [3.63, 3.8) is 0 Å². The third-order valence-electron chi connectivity index (χ3n) is 6.78. The van der Waals surface area contributed by atoms with Crippen LogP contribution >= 0.6 is 0 Å². The molecule has 3 aromatic rings. The van der Waals surface area contributed by atoms with Gasteiger partial charge in [0, 0.05) is 23.8 Å². The second kappa shape index (κ2) is 9.68. The summed E-state index contributed by atoms with van der Waals surface area (Å²) < 4.78 is 36.7. The summed E-state index contributed by atoms with van der Waals surface area (Å²) in [7, 11) is 6.72. The van der Waals surface area contributed by atoms with Gasteiger partial charge >= 0.3 is 0 Å². The van der Waals surface area contributed by atoms with Crippen LogP contribution in [0.5, 0.6) is 23.0 Å². The Morgan fingerprint density at radius 2 is 1.62 bits per heavy atom. The molecule has 0 unspecified atom stereocenters. The first-order valence-electron chi connectivity index (χ1n) is 11.8. The number of hydrogen-bond donors (Lipinski definition) is 0. The second-order valence-electron chi connectivity index (χ2n) is 8.59. The van der Waals surface area contributed by atoms with Gasteiger partial charge in [-0.1, -0.05) is 0 Å². The summed E-state index contributed by atoms with van der Waals surface area (Å²) in [5.41, 5.74) is 4.85. The van der Waals surface area contributed by atoms with Gasteiger partial charge in [-0.25, -0.2) is 0 Å². The van der Waals surface area contributed by atoms with Crippen molar-refractivity contribution in [2.45, 2.75) is 38.5 Å². The number of pyridine rings is 1. The van der Waals surface area contributed by atoms with Gasteiger partial charge in [-0.05, 0) is 42.7 Å². The normalized spacial score (nSPS) is 15.5. The van der Waals surface area contributed by atoms with Crippen molar-refractivity contribution in [3.8, 4) is 34.3 Å². The Kier molecular flexibility index (Phi) is 6.48. The first kappa shape index (κ1) is 22.7. The molecule has 0 amide bonds. The van der Waals surface area contributed by atoms with Crippen LogP contribution in [0.15, 0.2) is 30.5 Å². The zero-order valence-electron chi connectivity index (χ0n) is 20.3. The number of nitrogens with zero attached hydrogens (tertiary/aromatic N) is 1. The lowest BCUT2D eigenvalue weighted by molar-refractivity contribution is -0.686. The van der Waals surface area contributed by atoms with Crippen LogP contribution in [0.1, 0.15) is 24.0 Å². The maximum atomic E-state index is 5.86. The number of hydrogen-bond acceptors (Lipinski definition) is 6. The molecule has 1 fully saturated rings. The number of rotatable bonds is 7. The summed E-state index contributed by atoms with van der Waals surface area (Å²) in [4.78, 5) is 0. The smallest absolute Gasteiger partial charge is 0.216 e. The third-order valence-corrected chi connectivity index (χ3v) is 6.78. The van der Waals surface area contributed by atoms with Crippen LogP contribution in [0, 0.1) is 0 Å². The highest BCUT2D eigenvalue weighted by molar-refractivity contribution is 5.95. The number of aryl methyl sites for hydroxylation is 3. The van der Waals surface area contributed by atoms with E-state index in [1.165, 1.54) is 22.4 Å². The summed E-state index contributed by atoms with van der Waals surface area (Å²) in [5.74, 6) is 2.96. The number of fused-ring (bicyclic) bond motifs is 4. The summed E-state index contributed by atoms with van der Waals surface area (Å²) in [6, 6.07) is 8.31. The molecule has 0 atom stereocenters. The Morgan fingerprint density at radius 3 is 2.32 bits per heavy atom. The third kappa shape index (κ3) is 3.93. The molecule has 0 spiro atoms. The van der Waals surface area contributed by atoms with Gasteiger partial charge < -0.3 is 28.4 Å². The topological polar surface area (TPSA) is 59.3 Å². The average molecular weight is 467 g/mol. The van der Waals surface area contributed by atoms with Crippen LogP contribution < -0.4 is 23.5 Å². The first-order chi connectivity index (χ1) is 16.7. The Labute approximate surface area is 200 Å². The largest absolute Gasteiger partial charge is 0.493 e. The van der Waals surface area contributed by atoms with E-state index in [2.05, 4.69) is 29.0 Å². The molecule has 0 aliphatic carbocycles. The van der Waals surface area contributed by atoms with Gasteiger partial charge in [0.15, 0.2) is 42.0 Å². The average Bonchev–Trinajstić information content (AvgIpc) is 2.89. The van der Waals surface area contributed by atoms with Gasteiger partial charge in [-0.15, -0.1) is 0 Å². The molecular formula is C27H32NO6+. The SMILES string of the molecule is COc1cc2c(cc1OC)-c1c(CCC3OCCCO3)c3ccc(OC)c(OC)c3c[n+]1CC2. The van der Waals surface area contributed by atoms with Crippen LogP contribution in [0.25, 0.3) is 22.0 Å². The zero-order valence-corrected chi connectivity index (χ0v) is 20.3. The van der Waals surface area contributed by atoms with Gasteiger partial charge in [0.2, 0.25) is 5.69 Å². The van der Waals surface area contributed by atoms with Gasteiger partial charge in [-0.3, -0.25) is 0 Å². The fourth-order valence-electron chi connectivity index (χ4n) is 5.16. The van der Waals surface area contributed by atoms with Crippen molar-refractivity contribution in [1.82, 2.24) is 0 Å². The summed E-state index contributed by atoms with van der Waals surface area (Å²) in [6.07, 6.45) is 5.44. The fourth-order valence-corrected chi connectivity index (χ4v) is 5.16. The van der Waals surface area contributed by atoms with Crippen LogP contribution in [0.2, 0.25) is 0 Å². The minimum atomic E-state index is -0.182. The number of ether oxygens (including phenoxy) is 6. The molecule has 3 heterocycles. The Hall–Kier alpha value is -3.03. The first-order valence-corrected chi connectivity index (χ1v) is 11.8. The molecule has 0 bridgehead atoms. The molecule has 5 rings (SSSR count). The maximum absolute atomic E-state index is 5.86. The molecule has 34 heavy (non-hydrogen) atoms. The fraction of sp³-hybridized carbons (Fsp3) is 0.444. The van der Waals surface area contributed by atoms with Crippen molar-refractivity contribution in [3.05, 3.63) is 41.6 Å². The highest BCUT2D eigenvalue weighted by Crippen LogP contribution is 2.42. The van der Waals surface area contributed by atoms with Gasteiger partial charge in [0.1, 0.15) is 0 Å². The van der Waals surface area contributed by atoms with E-state index in [0.717, 1.165) is 79.2 Å². The Bertz CT molecular complexity index is 1200. The van der Waals surface area contributed by atoms with Crippen molar-refractivity contribution >= 4 is 10.8 Å². The van der Waals surface area contributed by atoms with E-state index < -0.39 is 0 Å². The van der Waals surface area contributed by atoms with Crippen molar-refractivity contribution in [1.29, 1.82) is 0 Å². The standard InChI is InChI=1S/C27H32NO6/c1-29-22-8-6-18-19(7-9-25-33-12-5-13-34-25)26-20-15-24(31-3)23(30-2)14-17(20)10-11-28(26)16-21(18)27(22)32-4/h6,8,14-16,25H,5,7,9-13H2,1-4H3/q+1. The van der Waals surface area contributed by atoms with Crippen LogP contribution in [-0.2, 0) is 28.9 Å². The van der Waals surface area contributed by atoms with Crippen LogP contribution in [0.4, 0.5) is 0 Å². The lowest BCUT2D eigenvalue weighted by atomic mass is 9.89.